The zero-order valence-electron chi connectivity index (χ0n) is 12.9. The number of hydrogen-bond acceptors (Lipinski definition) is 3. The third kappa shape index (κ3) is 2.82. The van der Waals surface area contributed by atoms with Crippen molar-refractivity contribution in [2.75, 3.05) is 26.3 Å². The van der Waals surface area contributed by atoms with Gasteiger partial charge >= 0.3 is 0 Å². The lowest BCUT2D eigenvalue weighted by Gasteiger charge is -2.44. The fourth-order valence-corrected chi connectivity index (χ4v) is 3.15. The summed E-state index contributed by atoms with van der Waals surface area (Å²) in [5.41, 5.74) is 7.73. The summed E-state index contributed by atoms with van der Waals surface area (Å²) in [5.74, 6) is 0. The van der Waals surface area contributed by atoms with E-state index in [9.17, 15) is 0 Å². The first-order valence-corrected chi connectivity index (χ1v) is 7.66. The largest absolute Gasteiger partial charge is 0.379 e. The normalized spacial score (nSPS) is 18.8. The third-order valence-electron chi connectivity index (χ3n) is 4.72. The van der Waals surface area contributed by atoms with Crippen molar-refractivity contribution in [1.29, 1.82) is 0 Å². The number of morpholine rings is 1. The van der Waals surface area contributed by atoms with Crippen molar-refractivity contribution >= 4 is 10.8 Å². The molecule has 2 aromatic carbocycles. The van der Waals surface area contributed by atoms with Crippen LogP contribution in [0.3, 0.4) is 0 Å². The van der Waals surface area contributed by atoms with Gasteiger partial charge in [0.2, 0.25) is 0 Å². The molecule has 0 spiro atoms. The summed E-state index contributed by atoms with van der Waals surface area (Å²) in [4.78, 5) is 2.44. The number of benzene rings is 2. The van der Waals surface area contributed by atoms with Gasteiger partial charge in [-0.3, -0.25) is 4.90 Å². The van der Waals surface area contributed by atoms with Crippen molar-refractivity contribution in [3.63, 3.8) is 0 Å². The van der Waals surface area contributed by atoms with Crippen molar-refractivity contribution < 1.29 is 4.74 Å². The molecule has 3 rings (SSSR count). The number of rotatable bonds is 3. The van der Waals surface area contributed by atoms with Crippen LogP contribution in [0.4, 0.5) is 0 Å². The van der Waals surface area contributed by atoms with Crippen LogP contribution in [0.15, 0.2) is 42.5 Å². The maximum absolute atomic E-state index is 6.61. The Morgan fingerprint density at radius 3 is 2.43 bits per heavy atom. The Morgan fingerprint density at radius 1 is 1.05 bits per heavy atom. The van der Waals surface area contributed by atoms with Gasteiger partial charge in [-0.1, -0.05) is 36.4 Å². The van der Waals surface area contributed by atoms with Gasteiger partial charge in [-0.2, -0.15) is 0 Å². The van der Waals surface area contributed by atoms with Crippen LogP contribution in [0, 0.1) is 0 Å². The van der Waals surface area contributed by atoms with Crippen molar-refractivity contribution in [2.45, 2.75) is 25.4 Å². The van der Waals surface area contributed by atoms with Gasteiger partial charge in [0.05, 0.1) is 13.2 Å². The molecule has 0 aliphatic carbocycles. The van der Waals surface area contributed by atoms with E-state index in [1.165, 1.54) is 16.3 Å². The molecular weight excluding hydrogens is 260 g/mol. The Kier molecular flexibility index (Phi) is 3.98. The van der Waals surface area contributed by atoms with E-state index in [4.69, 9.17) is 10.5 Å². The molecule has 0 amide bonds. The van der Waals surface area contributed by atoms with Gasteiger partial charge in [-0.25, -0.2) is 0 Å². The summed E-state index contributed by atoms with van der Waals surface area (Å²) in [6, 6.07) is 15.0. The molecule has 2 N–H and O–H groups in total. The molecule has 1 aliphatic heterocycles. The molecule has 112 valence electrons. The highest BCUT2D eigenvalue weighted by Gasteiger charge is 2.34. The smallest absolute Gasteiger partial charge is 0.0594 e. The van der Waals surface area contributed by atoms with Crippen molar-refractivity contribution in [3.05, 3.63) is 48.0 Å². The van der Waals surface area contributed by atoms with E-state index in [-0.39, 0.29) is 11.6 Å². The Balaban J connectivity index is 1.89. The molecule has 2 aromatic rings. The van der Waals surface area contributed by atoms with Crippen LogP contribution in [0.2, 0.25) is 0 Å². The lowest BCUT2D eigenvalue weighted by atomic mass is 9.86. The second kappa shape index (κ2) is 5.76. The topological polar surface area (TPSA) is 38.5 Å². The highest BCUT2D eigenvalue weighted by atomic mass is 16.5. The van der Waals surface area contributed by atoms with Crippen LogP contribution in [0.1, 0.15) is 25.5 Å². The van der Waals surface area contributed by atoms with Crippen LogP contribution in [-0.4, -0.2) is 36.7 Å². The predicted octanol–water partition coefficient (Wildman–Crippen LogP) is 2.95. The van der Waals surface area contributed by atoms with E-state index in [0.717, 1.165) is 26.3 Å². The highest BCUT2D eigenvalue weighted by Crippen LogP contribution is 2.31. The summed E-state index contributed by atoms with van der Waals surface area (Å²) < 4.78 is 5.46. The third-order valence-corrected chi connectivity index (χ3v) is 4.72. The van der Waals surface area contributed by atoms with Gasteiger partial charge in [-0.05, 0) is 36.2 Å². The Morgan fingerprint density at radius 2 is 1.71 bits per heavy atom. The molecule has 1 fully saturated rings. The number of nitrogens with zero attached hydrogens (tertiary/aromatic N) is 1. The van der Waals surface area contributed by atoms with Crippen LogP contribution in [0.5, 0.6) is 0 Å². The number of ether oxygens (including phenoxy) is 1. The molecule has 1 aliphatic rings. The number of fused-ring (bicyclic) bond motifs is 1. The minimum atomic E-state index is -0.0771. The van der Waals surface area contributed by atoms with Crippen molar-refractivity contribution in [3.8, 4) is 0 Å². The van der Waals surface area contributed by atoms with E-state index < -0.39 is 0 Å². The average Bonchev–Trinajstić information content (AvgIpc) is 2.54. The lowest BCUT2D eigenvalue weighted by Crippen LogP contribution is -2.55. The predicted molar refractivity (Wildman–Crippen MR) is 87.3 cm³/mol. The molecule has 0 radical (unpaired) electrons. The minimum absolute atomic E-state index is 0.0137. The minimum Gasteiger partial charge on any atom is -0.379 e. The fourth-order valence-electron chi connectivity index (χ4n) is 3.15. The van der Waals surface area contributed by atoms with E-state index in [2.05, 4.69) is 61.2 Å². The summed E-state index contributed by atoms with van der Waals surface area (Å²) in [5, 5.41) is 2.51. The van der Waals surface area contributed by atoms with Gasteiger partial charge in [0, 0.05) is 24.7 Å². The van der Waals surface area contributed by atoms with Crippen molar-refractivity contribution in [2.24, 2.45) is 5.73 Å². The molecule has 3 heteroatoms. The van der Waals surface area contributed by atoms with E-state index >= 15 is 0 Å². The number of hydrogen-bond donors (Lipinski definition) is 1. The maximum atomic E-state index is 6.61. The van der Waals surface area contributed by atoms with Gasteiger partial charge < -0.3 is 10.5 Å². The summed E-state index contributed by atoms with van der Waals surface area (Å²) in [7, 11) is 0. The van der Waals surface area contributed by atoms with Crippen LogP contribution in [-0.2, 0) is 4.74 Å². The molecule has 1 unspecified atom stereocenters. The van der Waals surface area contributed by atoms with Gasteiger partial charge in [0.15, 0.2) is 0 Å². The van der Waals surface area contributed by atoms with Crippen LogP contribution < -0.4 is 5.73 Å². The SMILES string of the molecule is CC(C)(C(N)c1ccc2ccccc2c1)N1CCOCC1. The van der Waals surface area contributed by atoms with E-state index in [1.54, 1.807) is 0 Å². The molecule has 1 heterocycles. The van der Waals surface area contributed by atoms with Gasteiger partial charge in [-0.15, -0.1) is 0 Å². The monoisotopic (exact) mass is 284 g/mol. The summed E-state index contributed by atoms with van der Waals surface area (Å²) in [6.45, 7) is 7.97. The molecule has 0 aromatic heterocycles. The Bertz CT molecular complexity index is 617. The van der Waals surface area contributed by atoms with Crippen LogP contribution in [0.25, 0.3) is 10.8 Å². The fraction of sp³-hybridized carbons (Fsp3) is 0.444. The first-order valence-electron chi connectivity index (χ1n) is 7.66. The highest BCUT2D eigenvalue weighted by molar-refractivity contribution is 5.83. The van der Waals surface area contributed by atoms with Gasteiger partial charge in [0.1, 0.15) is 0 Å². The average molecular weight is 284 g/mol. The molecular formula is C18H24N2O. The second-order valence-electron chi connectivity index (χ2n) is 6.34. The molecule has 0 saturated carbocycles. The zero-order chi connectivity index (χ0) is 14.9. The molecule has 3 nitrogen and oxygen atoms in total. The summed E-state index contributed by atoms with van der Waals surface area (Å²) in [6.07, 6.45) is 0. The second-order valence-corrected chi connectivity index (χ2v) is 6.34. The number of nitrogens with two attached hydrogens (primary N) is 1. The molecule has 1 saturated heterocycles. The lowest BCUT2D eigenvalue weighted by molar-refractivity contribution is -0.0190. The first kappa shape index (κ1) is 14.5. The van der Waals surface area contributed by atoms with Crippen LogP contribution >= 0.6 is 0 Å². The van der Waals surface area contributed by atoms with E-state index in [0.29, 0.717) is 0 Å². The van der Waals surface area contributed by atoms with Crippen molar-refractivity contribution in [1.82, 2.24) is 4.90 Å². The Hall–Kier alpha value is -1.42. The summed E-state index contributed by atoms with van der Waals surface area (Å²) >= 11 is 0. The maximum Gasteiger partial charge on any atom is 0.0594 e. The Labute approximate surface area is 126 Å². The molecule has 21 heavy (non-hydrogen) atoms. The van der Waals surface area contributed by atoms with Gasteiger partial charge in [0.25, 0.3) is 0 Å². The van der Waals surface area contributed by atoms with E-state index in [1.807, 2.05) is 0 Å². The molecule has 1 atom stereocenters. The standard InChI is InChI=1S/C18H24N2O/c1-18(2,20-9-11-21-12-10-20)17(19)16-8-7-14-5-3-4-6-15(14)13-16/h3-8,13,17H,9-12,19H2,1-2H3. The molecule has 0 bridgehead atoms. The first-order chi connectivity index (χ1) is 10.1. The zero-order valence-corrected chi connectivity index (χ0v) is 12.9. The quantitative estimate of drug-likeness (QED) is 0.942.